The Labute approximate surface area is 154 Å². The molecule has 4 atom stereocenters. The molecule has 0 radical (unpaired) electrons. The fourth-order valence-corrected chi connectivity index (χ4v) is 8.70. The van der Waals surface area contributed by atoms with Gasteiger partial charge in [-0.15, -0.1) is 0 Å². The zero-order valence-corrected chi connectivity index (χ0v) is 15.6. The minimum atomic E-state index is -3.41. The van der Waals surface area contributed by atoms with E-state index in [4.69, 9.17) is 11.6 Å². The molecule has 4 heteroatoms. The minimum Gasteiger partial charge on any atom is -0.223 e. The zero-order chi connectivity index (χ0) is 17.2. The molecule has 0 bridgehead atoms. The third-order valence-corrected chi connectivity index (χ3v) is 9.73. The van der Waals surface area contributed by atoms with Gasteiger partial charge in [-0.25, -0.2) is 8.42 Å². The predicted molar refractivity (Wildman–Crippen MR) is 99.7 cm³/mol. The van der Waals surface area contributed by atoms with Crippen LogP contribution in [0, 0.1) is 11.8 Å². The van der Waals surface area contributed by atoms with E-state index in [-0.39, 0.29) is 5.92 Å². The molecular formula is C21H21ClO2S. The van der Waals surface area contributed by atoms with Crippen LogP contribution >= 0.6 is 11.6 Å². The molecule has 0 aliphatic heterocycles. The van der Waals surface area contributed by atoms with Gasteiger partial charge in [-0.05, 0) is 66.5 Å². The number of sulfone groups is 1. The zero-order valence-electron chi connectivity index (χ0n) is 14.0. The summed E-state index contributed by atoms with van der Waals surface area (Å²) in [6.45, 7) is 0. The Morgan fingerprint density at radius 2 is 1.68 bits per heavy atom. The van der Waals surface area contributed by atoms with Crippen molar-refractivity contribution in [3.05, 3.63) is 64.7 Å². The second kappa shape index (κ2) is 5.34. The van der Waals surface area contributed by atoms with E-state index in [1.165, 1.54) is 24.0 Å². The van der Waals surface area contributed by atoms with Crippen LogP contribution in [0.15, 0.2) is 53.4 Å². The van der Waals surface area contributed by atoms with Crippen LogP contribution in [0.3, 0.4) is 0 Å². The smallest absolute Gasteiger partial charge is 0.185 e. The molecule has 0 unspecified atom stereocenters. The lowest BCUT2D eigenvalue weighted by atomic mass is 9.51. The highest BCUT2D eigenvalue weighted by Gasteiger charge is 2.71. The van der Waals surface area contributed by atoms with Crippen LogP contribution in [0.25, 0.3) is 0 Å². The van der Waals surface area contributed by atoms with Crippen molar-refractivity contribution in [3.8, 4) is 0 Å². The Kier molecular flexibility index (Phi) is 3.40. The van der Waals surface area contributed by atoms with Crippen molar-refractivity contribution in [2.24, 2.45) is 11.8 Å². The largest absolute Gasteiger partial charge is 0.223 e. The van der Waals surface area contributed by atoms with Crippen molar-refractivity contribution in [1.29, 1.82) is 0 Å². The van der Waals surface area contributed by atoms with Crippen LogP contribution < -0.4 is 0 Å². The number of rotatable bonds is 2. The van der Waals surface area contributed by atoms with Crippen molar-refractivity contribution >= 4 is 21.4 Å². The molecule has 0 spiro atoms. The lowest BCUT2D eigenvalue weighted by Gasteiger charge is -2.60. The highest BCUT2D eigenvalue weighted by atomic mass is 35.5. The molecule has 0 amide bonds. The Hall–Kier alpha value is -1.32. The lowest BCUT2D eigenvalue weighted by Crippen LogP contribution is -2.64. The highest BCUT2D eigenvalue weighted by Crippen LogP contribution is 2.69. The monoisotopic (exact) mass is 372 g/mol. The standard InChI is InChI=1S/C21H21ClO2S/c22-15-9-11-16(12-10-15)25(23,24)21-13-14-5-1-2-6-17(14)20(21)18-7-3-4-8-19(18)21/h1-2,5-6,9-12,18-20H,3-4,7-8,13H2/t18-,19-,20-,21+/m1/s1. The van der Waals surface area contributed by atoms with E-state index in [9.17, 15) is 8.42 Å². The van der Waals surface area contributed by atoms with E-state index in [0.29, 0.717) is 28.2 Å². The van der Waals surface area contributed by atoms with Gasteiger partial charge in [0, 0.05) is 10.9 Å². The fraction of sp³-hybridized carbons (Fsp3) is 0.429. The second-order valence-corrected chi connectivity index (χ2v) is 10.5. The van der Waals surface area contributed by atoms with Gasteiger partial charge in [0.25, 0.3) is 0 Å². The first kappa shape index (κ1) is 15.9. The first-order chi connectivity index (χ1) is 12.1. The molecule has 3 aliphatic carbocycles. The summed E-state index contributed by atoms with van der Waals surface area (Å²) >= 11 is 5.99. The summed E-state index contributed by atoms with van der Waals surface area (Å²) in [5.41, 5.74) is 2.52. The van der Waals surface area contributed by atoms with E-state index in [2.05, 4.69) is 18.2 Å². The summed E-state index contributed by atoms with van der Waals surface area (Å²) in [5, 5.41) is 0.576. The minimum absolute atomic E-state index is 0.162. The number of fused-ring (bicyclic) bond motifs is 6. The van der Waals surface area contributed by atoms with Crippen LogP contribution in [0.2, 0.25) is 5.02 Å². The van der Waals surface area contributed by atoms with Gasteiger partial charge < -0.3 is 0 Å². The summed E-state index contributed by atoms with van der Waals surface area (Å²) in [6.07, 6.45) is 5.27. The number of hydrogen-bond acceptors (Lipinski definition) is 2. The third kappa shape index (κ3) is 1.94. The summed E-state index contributed by atoms with van der Waals surface area (Å²) in [6, 6.07) is 15.1. The molecule has 25 heavy (non-hydrogen) atoms. The molecule has 0 aromatic heterocycles. The van der Waals surface area contributed by atoms with Crippen molar-refractivity contribution in [2.75, 3.05) is 0 Å². The van der Waals surface area contributed by atoms with Crippen LogP contribution in [-0.2, 0) is 16.3 Å². The maximum atomic E-state index is 13.8. The van der Waals surface area contributed by atoms with Gasteiger partial charge in [-0.2, -0.15) is 0 Å². The molecule has 2 nitrogen and oxygen atoms in total. The molecule has 2 saturated carbocycles. The highest BCUT2D eigenvalue weighted by molar-refractivity contribution is 7.93. The Balaban J connectivity index is 1.69. The molecule has 2 aromatic carbocycles. The average molecular weight is 373 g/mol. The van der Waals surface area contributed by atoms with Gasteiger partial charge in [0.15, 0.2) is 9.84 Å². The normalized spacial score (nSPS) is 33.1. The van der Waals surface area contributed by atoms with E-state index in [0.717, 1.165) is 12.8 Å². The van der Waals surface area contributed by atoms with Gasteiger partial charge in [-0.1, -0.05) is 48.7 Å². The van der Waals surface area contributed by atoms with E-state index >= 15 is 0 Å². The van der Waals surface area contributed by atoms with Crippen molar-refractivity contribution in [3.63, 3.8) is 0 Å². The van der Waals surface area contributed by atoms with E-state index in [1.54, 1.807) is 24.3 Å². The van der Waals surface area contributed by atoms with Gasteiger partial charge in [0.05, 0.1) is 9.64 Å². The van der Waals surface area contributed by atoms with Crippen molar-refractivity contribution in [2.45, 2.75) is 47.7 Å². The Morgan fingerprint density at radius 3 is 2.48 bits per heavy atom. The van der Waals surface area contributed by atoms with Crippen molar-refractivity contribution < 1.29 is 8.42 Å². The summed E-state index contributed by atoms with van der Waals surface area (Å²) in [4.78, 5) is 0.429. The average Bonchev–Trinajstić information content (AvgIpc) is 2.92. The van der Waals surface area contributed by atoms with Crippen LogP contribution in [0.4, 0.5) is 0 Å². The van der Waals surface area contributed by atoms with Gasteiger partial charge in [-0.3, -0.25) is 0 Å². The number of benzene rings is 2. The molecule has 130 valence electrons. The predicted octanol–water partition coefficient (Wildman–Crippen LogP) is 5.01. The summed E-state index contributed by atoms with van der Waals surface area (Å²) in [5.74, 6) is 0.980. The van der Waals surface area contributed by atoms with Crippen LogP contribution in [0.1, 0.15) is 42.7 Å². The first-order valence-corrected chi connectivity index (χ1v) is 11.0. The molecule has 5 rings (SSSR count). The van der Waals surface area contributed by atoms with Crippen molar-refractivity contribution in [1.82, 2.24) is 0 Å². The fourth-order valence-electron chi connectivity index (χ4n) is 5.97. The van der Waals surface area contributed by atoms with Crippen LogP contribution in [0.5, 0.6) is 0 Å². The van der Waals surface area contributed by atoms with E-state index < -0.39 is 14.6 Å². The Morgan fingerprint density at radius 1 is 0.960 bits per heavy atom. The molecule has 2 aromatic rings. The Bertz CT molecular complexity index is 935. The SMILES string of the molecule is O=S(=O)(c1ccc(Cl)cc1)[C@]12Cc3ccccc3[C@@H]1[C@@H]1CCCC[C@H]12. The molecular weight excluding hydrogens is 352 g/mol. The topological polar surface area (TPSA) is 34.1 Å². The van der Waals surface area contributed by atoms with Crippen LogP contribution in [-0.4, -0.2) is 13.2 Å². The third-order valence-electron chi connectivity index (χ3n) is 6.88. The quantitative estimate of drug-likeness (QED) is 0.742. The first-order valence-electron chi connectivity index (χ1n) is 9.14. The summed E-state index contributed by atoms with van der Waals surface area (Å²) in [7, 11) is -3.41. The molecule has 0 saturated heterocycles. The molecule has 3 aliphatic rings. The molecule has 0 heterocycles. The van der Waals surface area contributed by atoms with Gasteiger partial charge >= 0.3 is 0 Å². The second-order valence-electron chi connectivity index (χ2n) is 7.82. The molecule has 0 N–H and O–H groups in total. The lowest BCUT2D eigenvalue weighted by molar-refractivity contribution is 0.0284. The number of halogens is 1. The number of hydrogen-bond donors (Lipinski definition) is 0. The summed E-state index contributed by atoms with van der Waals surface area (Å²) < 4.78 is 27.0. The van der Waals surface area contributed by atoms with E-state index in [1.807, 2.05) is 6.07 Å². The molecule has 2 fully saturated rings. The maximum absolute atomic E-state index is 13.8. The maximum Gasteiger partial charge on any atom is 0.185 e. The van der Waals surface area contributed by atoms with Gasteiger partial charge in [0.1, 0.15) is 0 Å². The van der Waals surface area contributed by atoms with Gasteiger partial charge in [0.2, 0.25) is 0 Å².